The molecule has 138 valence electrons. The number of rotatable bonds is 5. The highest BCUT2D eigenvalue weighted by Crippen LogP contribution is 2.58. The van der Waals surface area contributed by atoms with E-state index in [1.54, 1.807) is 0 Å². The zero-order valence-corrected chi connectivity index (χ0v) is 16.4. The van der Waals surface area contributed by atoms with Crippen LogP contribution in [0.2, 0.25) is 0 Å². The molecule has 1 aliphatic heterocycles. The van der Waals surface area contributed by atoms with E-state index in [2.05, 4.69) is 40.6 Å². The molecule has 2 aliphatic carbocycles. The van der Waals surface area contributed by atoms with Crippen molar-refractivity contribution in [1.82, 2.24) is 5.32 Å². The molecular weight excluding hydrogens is 352 g/mol. The van der Waals surface area contributed by atoms with Crippen molar-refractivity contribution in [1.29, 1.82) is 0 Å². The molecule has 2 saturated carbocycles. The smallest absolute Gasteiger partial charge is 0.228 e. The van der Waals surface area contributed by atoms with Gasteiger partial charge in [0, 0.05) is 22.6 Å². The van der Waals surface area contributed by atoms with E-state index in [1.165, 1.54) is 31.2 Å². The minimum absolute atomic E-state index is 0. The zero-order chi connectivity index (χ0) is 16.4. The summed E-state index contributed by atoms with van der Waals surface area (Å²) < 4.78 is 0. The number of hydrogen-bond acceptors (Lipinski definition) is 3. The average Bonchev–Trinajstić information content (AvgIpc) is 3.05. The van der Waals surface area contributed by atoms with Crippen LogP contribution >= 0.6 is 24.2 Å². The molecule has 0 bridgehead atoms. The SMILES string of the molecule is Cl.O=C(Nc1cccc(CSC2CCCC2)c1)C1CC12CCNCC2. The monoisotopic (exact) mass is 380 g/mol. The van der Waals surface area contributed by atoms with Gasteiger partial charge in [-0.2, -0.15) is 11.8 Å². The summed E-state index contributed by atoms with van der Waals surface area (Å²) in [6.45, 7) is 2.13. The fourth-order valence-electron chi connectivity index (χ4n) is 4.43. The molecule has 1 unspecified atom stereocenters. The number of carbonyl (C=O) groups excluding carboxylic acids is 1. The number of anilines is 1. The van der Waals surface area contributed by atoms with Gasteiger partial charge in [-0.25, -0.2) is 0 Å². The number of nitrogens with one attached hydrogen (secondary N) is 2. The summed E-state index contributed by atoms with van der Waals surface area (Å²) >= 11 is 2.08. The Kier molecular flexibility index (Phi) is 6.35. The highest BCUT2D eigenvalue weighted by molar-refractivity contribution is 7.99. The quantitative estimate of drug-likeness (QED) is 0.783. The van der Waals surface area contributed by atoms with Gasteiger partial charge in [0.05, 0.1) is 0 Å². The van der Waals surface area contributed by atoms with Crippen molar-refractivity contribution in [2.45, 2.75) is 55.9 Å². The van der Waals surface area contributed by atoms with Crippen molar-refractivity contribution in [3.05, 3.63) is 29.8 Å². The van der Waals surface area contributed by atoms with Crippen LogP contribution in [0.4, 0.5) is 5.69 Å². The van der Waals surface area contributed by atoms with E-state index in [-0.39, 0.29) is 24.2 Å². The number of thioether (sulfide) groups is 1. The minimum atomic E-state index is 0. The molecule has 1 spiro atoms. The molecule has 1 aromatic carbocycles. The topological polar surface area (TPSA) is 41.1 Å². The maximum atomic E-state index is 12.6. The Morgan fingerprint density at radius 2 is 2.00 bits per heavy atom. The molecule has 1 saturated heterocycles. The molecule has 5 heteroatoms. The summed E-state index contributed by atoms with van der Waals surface area (Å²) in [5, 5.41) is 7.42. The van der Waals surface area contributed by atoms with Gasteiger partial charge in [-0.15, -0.1) is 12.4 Å². The lowest BCUT2D eigenvalue weighted by molar-refractivity contribution is -0.118. The van der Waals surface area contributed by atoms with Gasteiger partial charge in [0.2, 0.25) is 5.91 Å². The molecule has 1 amide bonds. The van der Waals surface area contributed by atoms with Crippen molar-refractivity contribution in [2.24, 2.45) is 11.3 Å². The van der Waals surface area contributed by atoms with E-state index in [0.717, 1.165) is 49.0 Å². The van der Waals surface area contributed by atoms with Crippen molar-refractivity contribution in [2.75, 3.05) is 18.4 Å². The van der Waals surface area contributed by atoms with Crippen LogP contribution in [0.3, 0.4) is 0 Å². The van der Waals surface area contributed by atoms with Crippen molar-refractivity contribution >= 4 is 35.8 Å². The van der Waals surface area contributed by atoms with Crippen LogP contribution in [-0.4, -0.2) is 24.2 Å². The number of piperidine rings is 1. The lowest BCUT2D eigenvalue weighted by atomic mass is 9.92. The summed E-state index contributed by atoms with van der Waals surface area (Å²) in [7, 11) is 0. The molecule has 1 aromatic rings. The first kappa shape index (κ1) is 19.1. The predicted octanol–water partition coefficient (Wildman–Crippen LogP) is 4.61. The van der Waals surface area contributed by atoms with Gasteiger partial charge < -0.3 is 10.6 Å². The lowest BCUT2D eigenvalue weighted by Crippen LogP contribution is -2.31. The average molecular weight is 381 g/mol. The Morgan fingerprint density at radius 1 is 1.24 bits per heavy atom. The van der Waals surface area contributed by atoms with Crippen LogP contribution in [0.25, 0.3) is 0 Å². The van der Waals surface area contributed by atoms with Gasteiger partial charge in [-0.1, -0.05) is 25.0 Å². The minimum Gasteiger partial charge on any atom is -0.326 e. The molecule has 4 rings (SSSR count). The Morgan fingerprint density at radius 3 is 2.76 bits per heavy atom. The Labute approximate surface area is 161 Å². The first-order chi connectivity index (χ1) is 11.8. The van der Waals surface area contributed by atoms with Gasteiger partial charge in [0.1, 0.15) is 0 Å². The van der Waals surface area contributed by atoms with Gasteiger partial charge >= 0.3 is 0 Å². The fourth-order valence-corrected chi connectivity index (χ4v) is 5.71. The Balaban J connectivity index is 0.00000182. The van der Waals surface area contributed by atoms with E-state index in [1.807, 2.05) is 6.07 Å². The number of hydrogen-bond donors (Lipinski definition) is 2. The molecule has 3 fully saturated rings. The van der Waals surface area contributed by atoms with Gasteiger partial charge in [-0.3, -0.25) is 4.79 Å². The maximum Gasteiger partial charge on any atom is 0.228 e. The second-order valence-electron chi connectivity index (χ2n) is 7.78. The van der Waals surface area contributed by atoms with E-state index >= 15 is 0 Å². The molecular formula is C20H29ClN2OS. The number of carbonyl (C=O) groups is 1. The normalized spacial score (nSPS) is 24.7. The second kappa shape index (κ2) is 8.32. The van der Waals surface area contributed by atoms with Crippen LogP contribution in [0.5, 0.6) is 0 Å². The number of benzene rings is 1. The van der Waals surface area contributed by atoms with Crippen LogP contribution in [0, 0.1) is 11.3 Å². The summed E-state index contributed by atoms with van der Waals surface area (Å²) in [6, 6.07) is 8.45. The molecule has 3 aliphatic rings. The highest BCUT2D eigenvalue weighted by atomic mass is 35.5. The molecule has 25 heavy (non-hydrogen) atoms. The van der Waals surface area contributed by atoms with Crippen LogP contribution in [0.1, 0.15) is 50.5 Å². The van der Waals surface area contributed by atoms with Crippen molar-refractivity contribution in [3.8, 4) is 0 Å². The van der Waals surface area contributed by atoms with Gasteiger partial charge in [-0.05, 0) is 68.3 Å². The van der Waals surface area contributed by atoms with E-state index in [4.69, 9.17) is 0 Å². The third kappa shape index (κ3) is 4.53. The molecule has 0 radical (unpaired) electrons. The van der Waals surface area contributed by atoms with Crippen LogP contribution < -0.4 is 10.6 Å². The largest absolute Gasteiger partial charge is 0.326 e. The number of amides is 1. The fraction of sp³-hybridized carbons (Fsp3) is 0.650. The third-order valence-corrected chi connectivity index (χ3v) is 7.53. The standard InChI is InChI=1S/C20H28N2OS.ClH/c23-19(18-13-20(18)8-10-21-11-9-20)22-16-5-3-4-15(12-16)14-24-17-6-1-2-7-17;/h3-5,12,17-18,21H,1-2,6-11,13-14H2,(H,22,23);1H. The first-order valence-corrected chi connectivity index (χ1v) is 10.5. The maximum absolute atomic E-state index is 12.6. The second-order valence-corrected chi connectivity index (χ2v) is 9.06. The lowest BCUT2D eigenvalue weighted by Gasteiger charge is -2.23. The summed E-state index contributed by atoms with van der Waals surface area (Å²) in [5.74, 6) is 1.53. The van der Waals surface area contributed by atoms with E-state index in [9.17, 15) is 4.79 Å². The van der Waals surface area contributed by atoms with E-state index in [0.29, 0.717) is 5.41 Å². The summed E-state index contributed by atoms with van der Waals surface area (Å²) in [4.78, 5) is 12.6. The van der Waals surface area contributed by atoms with Crippen LogP contribution in [0.15, 0.2) is 24.3 Å². The Bertz CT molecular complexity index is 597. The Hall–Kier alpha value is -0.710. The highest BCUT2D eigenvalue weighted by Gasteiger charge is 2.57. The molecule has 2 N–H and O–H groups in total. The van der Waals surface area contributed by atoms with Crippen molar-refractivity contribution < 1.29 is 4.79 Å². The summed E-state index contributed by atoms with van der Waals surface area (Å²) in [6.07, 6.45) is 8.93. The molecule has 0 aromatic heterocycles. The summed E-state index contributed by atoms with van der Waals surface area (Å²) in [5.41, 5.74) is 2.61. The predicted molar refractivity (Wildman–Crippen MR) is 109 cm³/mol. The van der Waals surface area contributed by atoms with Crippen molar-refractivity contribution in [3.63, 3.8) is 0 Å². The third-order valence-electron chi connectivity index (χ3n) is 6.09. The first-order valence-electron chi connectivity index (χ1n) is 9.47. The van der Waals surface area contributed by atoms with E-state index < -0.39 is 0 Å². The van der Waals surface area contributed by atoms with Crippen LogP contribution in [-0.2, 0) is 10.5 Å². The molecule has 1 heterocycles. The molecule has 3 nitrogen and oxygen atoms in total. The van der Waals surface area contributed by atoms with Gasteiger partial charge in [0.15, 0.2) is 0 Å². The zero-order valence-electron chi connectivity index (χ0n) is 14.8. The van der Waals surface area contributed by atoms with Gasteiger partial charge in [0.25, 0.3) is 0 Å². The molecule has 1 atom stereocenters. The number of halogens is 1.